The number of nitrogens with zero attached hydrogens (tertiary/aromatic N) is 4. The van der Waals surface area contributed by atoms with Gasteiger partial charge in [-0.05, 0) is 54.7 Å². The number of carbonyl (C=O) groups is 1. The summed E-state index contributed by atoms with van der Waals surface area (Å²) in [5.74, 6) is -1.41. The van der Waals surface area contributed by atoms with Crippen LogP contribution in [0.5, 0.6) is 0 Å². The minimum absolute atomic E-state index is 0.0925. The normalized spacial score (nSPS) is 14.5. The number of rotatable bonds is 4. The van der Waals surface area contributed by atoms with E-state index in [4.69, 9.17) is 0 Å². The number of fused-ring (bicyclic) bond motifs is 1. The van der Waals surface area contributed by atoms with Crippen LogP contribution in [0.15, 0.2) is 59.7 Å². The Kier molecular flexibility index (Phi) is 5.84. The molecule has 180 valence electrons. The molecule has 0 unspecified atom stereocenters. The number of nitrogens with one attached hydrogen (secondary N) is 1. The molecular formula is C26H25F2N5O2. The number of aryl methyl sites for hydroxylation is 2. The van der Waals surface area contributed by atoms with Crippen molar-refractivity contribution in [3.63, 3.8) is 0 Å². The van der Waals surface area contributed by atoms with E-state index in [1.54, 1.807) is 47.1 Å². The molecule has 1 saturated heterocycles. The predicted molar refractivity (Wildman–Crippen MR) is 130 cm³/mol. The lowest BCUT2D eigenvalue weighted by molar-refractivity contribution is 0.0712. The zero-order chi connectivity index (χ0) is 24.7. The molecule has 0 radical (unpaired) electrons. The van der Waals surface area contributed by atoms with Crippen molar-refractivity contribution >= 4 is 28.2 Å². The van der Waals surface area contributed by atoms with Crippen LogP contribution >= 0.6 is 0 Å². The maximum atomic E-state index is 15.2. The first-order valence-corrected chi connectivity index (χ1v) is 11.4. The Bertz CT molecular complexity index is 1470. The molecule has 0 aliphatic carbocycles. The van der Waals surface area contributed by atoms with Crippen molar-refractivity contribution in [3.8, 4) is 0 Å². The molecule has 0 atom stereocenters. The number of amides is 1. The van der Waals surface area contributed by atoms with Crippen LogP contribution in [-0.4, -0.2) is 38.2 Å². The second kappa shape index (κ2) is 8.98. The van der Waals surface area contributed by atoms with Crippen LogP contribution in [0.3, 0.4) is 0 Å². The van der Waals surface area contributed by atoms with Gasteiger partial charge in [-0.3, -0.25) is 14.3 Å². The molecule has 0 bridgehead atoms. The molecule has 9 heteroatoms. The van der Waals surface area contributed by atoms with Gasteiger partial charge < -0.3 is 14.8 Å². The van der Waals surface area contributed by atoms with E-state index in [0.717, 1.165) is 21.0 Å². The Balaban J connectivity index is 1.42. The SMILES string of the molecule is Cn1cc(C(=O)N2CCC(c3ccc(F)cc3)CC2)c(Nc2ccc3cnn(C)c3c2)c(F)c1=O. The van der Waals surface area contributed by atoms with Gasteiger partial charge in [0.05, 0.1) is 23.0 Å². The van der Waals surface area contributed by atoms with Crippen molar-refractivity contribution in [3.05, 3.63) is 88.0 Å². The number of benzene rings is 2. The average molecular weight is 478 g/mol. The molecule has 4 aromatic rings. The number of aromatic nitrogens is 3. The molecule has 1 N–H and O–H groups in total. The highest BCUT2D eigenvalue weighted by atomic mass is 19.1. The van der Waals surface area contributed by atoms with Gasteiger partial charge in [-0.25, -0.2) is 4.39 Å². The largest absolute Gasteiger partial charge is 0.352 e. The summed E-state index contributed by atoms with van der Waals surface area (Å²) < 4.78 is 31.2. The predicted octanol–water partition coefficient (Wildman–Crippen LogP) is 4.31. The molecule has 7 nitrogen and oxygen atoms in total. The summed E-state index contributed by atoms with van der Waals surface area (Å²) in [6.07, 6.45) is 4.53. The molecule has 35 heavy (non-hydrogen) atoms. The molecular weight excluding hydrogens is 452 g/mol. The van der Waals surface area contributed by atoms with Gasteiger partial charge in [0.25, 0.3) is 11.5 Å². The van der Waals surface area contributed by atoms with Gasteiger partial charge in [0.2, 0.25) is 5.82 Å². The van der Waals surface area contributed by atoms with Crippen LogP contribution in [0, 0.1) is 11.6 Å². The summed E-state index contributed by atoms with van der Waals surface area (Å²) in [4.78, 5) is 27.5. The second-order valence-corrected chi connectivity index (χ2v) is 8.93. The van der Waals surface area contributed by atoms with Crippen LogP contribution in [0.25, 0.3) is 10.9 Å². The Morgan fingerprint density at radius 1 is 1.06 bits per heavy atom. The van der Waals surface area contributed by atoms with Gasteiger partial charge in [0.1, 0.15) is 5.82 Å². The Morgan fingerprint density at radius 3 is 2.49 bits per heavy atom. The molecule has 3 heterocycles. The van der Waals surface area contributed by atoms with Gasteiger partial charge in [0.15, 0.2) is 0 Å². The molecule has 2 aromatic heterocycles. The third-order valence-electron chi connectivity index (χ3n) is 6.69. The van der Waals surface area contributed by atoms with Crippen LogP contribution in [0.4, 0.5) is 20.2 Å². The highest BCUT2D eigenvalue weighted by molar-refractivity contribution is 6.00. The second-order valence-electron chi connectivity index (χ2n) is 8.93. The van der Waals surface area contributed by atoms with Crippen molar-refractivity contribution in [2.75, 3.05) is 18.4 Å². The molecule has 1 amide bonds. The first-order chi connectivity index (χ1) is 16.8. The fourth-order valence-electron chi connectivity index (χ4n) is 4.67. The molecule has 0 spiro atoms. The number of hydrogen-bond donors (Lipinski definition) is 1. The van der Waals surface area contributed by atoms with Gasteiger partial charge in [-0.15, -0.1) is 0 Å². The van der Waals surface area contributed by atoms with Crippen molar-refractivity contribution in [2.45, 2.75) is 18.8 Å². The Hall–Kier alpha value is -4.01. The maximum absolute atomic E-state index is 15.2. The molecule has 1 fully saturated rings. The summed E-state index contributed by atoms with van der Waals surface area (Å²) in [5.41, 5.74) is 1.54. The first-order valence-electron chi connectivity index (χ1n) is 11.4. The number of likely N-dealkylation sites (tertiary alicyclic amines) is 1. The Labute approximate surface area is 200 Å². The molecule has 2 aromatic carbocycles. The average Bonchev–Trinajstić information content (AvgIpc) is 3.24. The summed E-state index contributed by atoms with van der Waals surface area (Å²) >= 11 is 0. The lowest BCUT2D eigenvalue weighted by atomic mass is 9.89. The van der Waals surface area contributed by atoms with Gasteiger partial charge in [0, 0.05) is 44.5 Å². The summed E-state index contributed by atoms with van der Waals surface area (Å²) in [6, 6.07) is 11.8. The van der Waals surface area contributed by atoms with Gasteiger partial charge in [-0.1, -0.05) is 12.1 Å². The van der Waals surface area contributed by atoms with Crippen molar-refractivity contribution in [2.24, 2.45) is 14.1 Å². The smallest absolute Gasteiger partial charge is 0.288 e. The zero-order valence-electron chi connectivity index (χ0n) is 19.5. The number of carbonyl (C=O) groups excluding carboxylic acids is 1. The number of hydrogen-bond acceptors (Lipinski definition) is 4. The highest BCUT2D eigenvalue weighted by Gasteiger charge is 2.28. The van der Waals surface area contributed by atoms with E-state index in [1.807, 2.05) is 6.07 Å². The van der Waals surface area contributed by atoms with Crippen LogP contribution in [0.2, 0.25) is 0 Å². The Morgan fingerprint density at radius 2 is 1.77 bits per heavy atom. The lowest BCUT2D eigenvalue weighted by Crippen LogP contribution is -2.39. The fraction of sp³-hybridized carbons (Fsp3) is 0.269. The van der Waals surface area contributed by atoms with Crippen LogP contribution < -0.4 is 10.9 Å². The first kappa shape index (κ1) is 22.8. The maximum Gasteiger partial charge on any atom is 0.288 e. The molecule has 5 rings (SSSR count). The topological polar surface area (TPSA) is 72.2 Å². The highest BCUT2D eigenvalue weighted by Crippen LogP contribution is 2.31. The molecule has 1 aliphatic rings. The van der Waals surface area contributed by atoms with E-state index >= 15 is 4.39 Å². The minimum Gasteiger partial charge on any atom is -0.352 e. The van der Waals surface area contributed by atoms with Crippen molar-refractivity contribution < 1.29 is 13.6 Å². The third-order valence-corrected chi connectivity index (χ3v) is 6.69. The number of halogens is 2. The number of piperidine rings is 1. The summed E-state index contributed by atoms with van der Waals surface area (Å²) in [6.45, 7) is 0.956. The van der Waals surface area contributed by atoms with E-state index in [2.05, 4.69) is 10.4 Å². The third kappa shape index (κ3) is 4.29. The zero-order valence-corrected chi connectivity index (χ0v) is 19.5. The fourth-order valence-corrected chi connectivity index (χ4v) is 4.67. The lowest BCUT2D eigenvalue weighted by Gasteiger charge is -2.33. The van der Waals surface area contributed by atoms with E-state index in [1.165, 1.54) is 25.4 Å². The van der Waals surface area contributed by atoms with E-state index < -0.39 is 11.4 Å². The standard InChI is InChI=1S/C26H25F2N5O2/c1-31-15-21(25(34)33-11-9-17(10-12-33)16-3-6-19(27)7-4-16)24(23(28)26(31)35)30-20-8-5-18-14-29-32(2)22(18)13-20/h3-8,13-15,17,30H,9-12H2,1-2H3. The molecule has 1 aliphatic heterocycles. The summed E-state index contributed by atoms with van der Waals surface area (Å²) in [5, 5.41) is 8.09. The monoisotopic (exact) mass is 477 g/mol. The van der Waals surface area contributed by atoms with Crippen LogP contribution in [-0.2, 0) is 14.1 Å². The van der Waals surface area contributed by atoms with E-state index in [9.17, 15) is 14.0 Å². The number of pyridine rings is 1. The van der Waals surface area contributed by atoms with Gasteiger partial charge >= 0.3 is 0 Å². The minimum atomic E-state index is -1.01. The quantitative estimate of drug-likeness (QED) is 0.475. The van der Waals surface area contributed by atoms with Crippen molar-refractivity contribution in [1.29, 1.82) is 0 Å². The van der Waals surface area contributed by atoms with Gasteiger partial charge in [-0.2, -0.15) is 9.49 Å². The number of anilines is 2. The van der Waals surface area contributed by atoms with E-state index in [0.29, 0.717) is 31.6 Å². The van der Waals surface area contributed by atoms with E-state index in [-0.39, 0.29) is 28.9 Å². The van der Waals surface area contributed by atoms with Crippen LogP contribution in [0.1, 0.15) is 34.7 Å². The van der Waals surface area contributed by atoms with Crippen molar-refractivity contribution in [1.82, 2.24) is 19.2 Å². The molecule has 0 saturated carbocycles. The summed E-state index contributed by atoms with van der Waals surface area (Å²) in [7, 11) is 3.23.